The van der Waals surface area contributed by atoms with Gasteiger partial charge in [-0.2, -0.15) is 0 Å². The number of benzene rings is 2. The maximum absolute atomic E-state index is 9.57. The van der Waals surface area contributed by atoms with E-state index in [0.29, 0.717) is 0 Å². The number of hydrogen-bond acceptors (Lipinski definition) is 5. The van der Waals surface area contributed by atoms with Crippen molar-refractivity contribution in [1.29, 1.82) is 0 Å². The van der Waals surface area contributed by atoms with Crippen LogP contribution in [0.25, 0.3) is 22.4 Å². The van der Waals surface area contributed by atoms with Crippen molar-refractivity contribution in [3.8, 4) is 0 Å². The summed E-state index contributed by atoms with van der Waals surface area (Å²) in [6.45, 7) is 1.42. The highest BCUT2D eigenvalue weighted by molar-refractivity contribution is 7.19. The molecule has 146 valence electrons. The Morgan fingerprint density at radius 1 is 1.15 bits per heavy atom. The highest BCUT2D eigenvalue weighted by Gasteiger charge is 2.00. The number of fused-ring (bicyclic) bond motifs is 1. The fraction of sp³-hybridized carbons (Fsp3) is 0.158. The molecule has 0 saturated carbocycles. The van der Waals surface area contributed by atoms with E-state index in [9.17, 15) is 4.79 Å². The molecule has 0 aliphatic heterocycles. The van der Waals surface area contributed by atoms with Crippen molar-refractivity contribution < 1.29 is 9.90 Å². The van der Waals surface area contributed by atoms with Crippen LogP contribution in [0.3, 0.4) is 0 Å². The van der Waals surface area contributed by atoms with Gasteiger partial charge < -0.3 is 16.2 Å². The van der Waals surface area contributed by atoms with Crippen LogP contribution in [0.4, 0.5) is 5.69 Å². The molecular weight excluding hydrogens is 405 g/mol. The number of thiazole rings is 1. The lowest BCUT2D eigenvalue weighted by Crippen LogP contribution is -2.25. The third-order valence-electron chi connectivity index (χ3n) is 3.32. The van der Waals surface area contributed by atoms with Gasteiger partial charge in [0.1, 0.15) is 11.0 Å². The second-order valence-electron chi connectivity index (χ2n) is 5.35. The summed E-state index contributed by atoms with van der Waals surface area (Å²) in [5, 5.41) is 12.0. The van der Waals surface area contributed by atoms with E-state index in [1.807, 2.05) is 25.2 Å². The van der Waals surface area contributed by atoms with E-state index in [0.717, 1.165) is 16.2 Å². The number of rotatable bonds is 4. The summed E-state index contributed by atoms with van der Waals surface area (Å²) in [4.78, 5) is 14.2. The van der Waals surface area contributed by atoms with Gasteiger partial charge in [0.15, 0.2) is 0 Å². The zero-order valence-electron chi connectivity index (χ0n) is 15.0. The lowest BCUT2D eigenvalue weighted by atomic mass is 10.2. The van der Waals surface area contributed by atoms with E-state index < -0.39 is 12.0 Å². The first-order valence-corrected chi connectivity index (χ1v) is 8.61. The topological polar surface area (TPSA) is 88.2 Å². The fourth-order valence-corrected chi connectivity index (χ4v) is 2.76. The maximum Gasteiger partial charge on any atom is 0.320 e. The number of hydrogen-bond donors (Lipinski definition) is 3. The van der Waals surface area contributed by atoms with Gasteiger partial charge in [-0.15, -0.1) is 36.2 Å². The third kappa shape index (κ3) is 7.97. The van der Waals surface area contributed by atoms with Crippen molar-refractivity contribution in [3.63, 3.8) is 0 Å². The normalized spacial score (nSPS) is 10.9. The van der Waals surface area contributed by atoms with Crippen molar-refractivity contribution in [2.24, 2.45) is 5.73 Å². The highest BCUT2D eigenvalue weighted by atomic mass is 35.5. The average molecular weight is 428 g/mol. The Hall–Kier alpha value is -2.12. The van der Waals surface area contributed by atoms with E-state index in [4.69, 9.17) is 10.8 Å². The summed E-state index contributed by atoms with van der Waals surface area (Å²) in [7, 11) is 1.92. The van der Waals surface area contributed by atoms with Crippen LogP contribution in [0.5, 0.6) is 0 Å². The molecule has 5 nitrogen and oxygen atoms in total. The third-order valence-corrected chi connectivity index (χ3v) is 4.32. The largest absolute Gasteiger partial charge is 0.480 e. The Morgan fingerprint density at radius 3 is 2.26 bits per heavy atom. The summed E-state index contributed by atoms with van der Waals surface area (Å²) in [5.74, 6) is -0.963. The Balaban J connectivity index is 0.000000744. The standard InChI is InChI=1S/C16H14N2S.C3H7NO2.2ClH/c1-17-13-9-6-12(7-10-13)8-11-16-18-14-4-2-3-5-15(14)19-16;1-2(4)3(5)6;;/h2-11,17H,1H3;2H,4H2,1H3,(H,5,6);2*1H/t;2-;;/m.0../s1. The van der Waals surface area contributed by atoms with Gasteiger partial charge in [-0.25, -0.2) is 4.98 Å². The zero-order valence-corrected chi connectivity index (χ0v) is 17.4. The van der Waals surface area contributed by atoms with Crippen LogP contribution in [0, 0.1) is 0 Å². The molecule has 1 aromatic heterocycles. The Morgan fingerprint density at radius 2 is 1.74 bits per heavy atom. The van der Waals surface area contributed by atoms with Crippen molar-refractivity contribution in [1.82, 2.24) is 4.98 Å². The van der Waals surface area contributed by atoms with Crippen molar-refractivity contribution in [2.75, 3.05) is 12.4 Å². The fourth-order valence-electron chi connectivity index (χ4n) is 1.89. The minimum Gasteiger partial charge on any atom is -0.480 e. The van der Waals surface area contributed by atoms with Gasteiger partial charge in [0.2, 0.25) is 0 Å². The number of aliphatic carboxylic acids is 1. The maximum atomic E-state index is 9.57. The van der Waals surface area contributed by atoms with Gasteiger partial charge in [0.25, 0.3) is 0 Å². The summed E-state index contributed by atoms with van der Waals surface area (Å²) < 4.78 is 1.23. The first-order chi connectivity index (χ1) is 12.0. The molecule has 4 N–H and O–H groups in total. The Bertz CT molecular complexity index is 832. The molecule has 1 atom stereocenters. The number of aromatic nitrogens is 1. The molecule has 0 amide bonds. The number of carboxylic acids is 1. The molecule has 1 heterocycles. The number of carboxylic acid groups (broad SMARTS) is 1. The summed E-state index contributed by atoms with van der Waals surface area (Å²) in [6.07, 6.45) is 4.16. The molecule has 0 saturated heterocycles. The van der Waals surface area contributed by atoms with Crippen LogP contribution < -0.4 is 11.1 Å². The van der Waals surface area contributed by atoms with Crippen LogP contribution in [0.2, 0.25) is 0 Å². The SMILES string of the molecule is CNc1ccc(C=Cc2nc3ccccc3s2)cc1.C[C@H](N)C(=O)O.Cl.Cl. The van der Waals surface area contributed by atoms with Gasteiger partial charge >= 0.3 is 5.97 Å². The van der Waals surface area contributed by atoms with E-state index in [1.165, 1.54) is 17.2 Å². The number of nitrogens with two attached hydrogens (primary N) is 1. The first-order valence-electron chi connectivity index (χ1n) is 7.79. The Labute approximate surface area is 175 Å². The molecule has 0 bridgehead atoms. The molecule has 8 heteroatoms. The van der Waals surface area contributed by atoms with Crippen molar-refractivity contribution >= 4 is 70.2 Å². The molecular formula is C19H23Cl2N3O2S. The van der Waals surface area contributed by atoms with Crippen LogP contribution in [0.1, 0.15) is 17.5 Å². The lowest BCUT2D eigenvalue weighted by Gasteiger charge is -1.98. The second-order valence-corrected chi connectivity index (χ2v) is 6.41. The summed E-state index contributed by atoms with van der Waals surface area (Å²) >= 11 is 1.71. The van der Waals surface area contributed by atoms with Crippen molar-refractivity contribution in [2.45, 2.75) is 13.0 Å². The molecule has 27 heavy (non-hydrogen) atoms. The van der Waals surface area contributed by atoms with Gasteiger partial charge in [0, 0.05) is 12.7 Å². The molecule has 0 radical (unpaired) electrons. The van der Waals surface area contributed by atoms with Gasteiger partial charge in [-0.3, -0.25) is 4.79 Å². The predicted octanol–water partition coefficient (Wildman–Crippen LogP) is 4.77. The number of carbonyl (C=O) groups is 1. The second kappa shape index (κ2) is 12.3. The minimum absolute atomic E-state index is 0. The monoisotopic (exact) mass is 427 g/mol. The van der Waals surface area contributed by atoms with Gasteiger partial charge in [-0.1, -0.05) is 30.3 Å². The number of anilines is 1. The minimum atomic E-state index is -0.963. The summed E-state index contributed by atoms with van der Waals surface area (Å²) in [6, 6.07) is 15.8. The first kappa shape index (κ1) is 24.9. The predicted molar refractivity (Wildman–Crippen MR) is 120 cm³/mol. The number of halogens is 2. The number of para-hydroxylation sites is 1. The van der Waals surface area contributed by atoms with Crippen LogP contribution in [-0.2, 0) is 4.79 Å². The smallest absolute Gasteiger partial charge is 0.320 e. The number of nitrogens with zero attached hydrogens (tertiary/aromatic N) is 1. The molecule has 0 spiro atoms. The average Bonchev–Trinajstić information content (AvgIpc) is 3.04. The van der Waals surface area contributed by atoms with Crippen molar-refractivity contribution in [3.05, 3.63) is 59.1 Å². The highest BCUT2D eigenvalue weighted by Crippen LogP contribution is 2.23. The van der Waals surface area contributed by atoms with Gasteiger partial charge in [0.05, 0.1) is 10.2 Å². The van der Waals surface area contributed by atoms with Crippen LogP contribution in [0.15, 0.2) is 48.5 Å². The lowest BCUT2D eigenvalue weighted by molar-refractivity contribution is -0.138. The molecule has 0 aliphatic carbocycles. The molecule has 3 aromatic rings. The van der Waals surface area contributed by atoms with E-state index in [-0.39, 0.29) is 24.8 Å². The van der Waals surface area contributed by atoms with E-state index in [1.54, 1.807) is 11.3 Å². The Kier molecular flexibility index (Phi) is 11.3. The molecule has 0 fully saturated rings. The molecule has 3 rings (SSSR count). The zero-order chi connectivity index (χ0) is 18.2. The molecule has 2 aromatic carbocycles. The molecule has 0 aliphatic rings. The van der Waals surface area contributed by atoms with Crippen LogP contribution >= 0.6 is 36.2 Å². The van der Waals surface area contributed by atoms with E-state index >= 15 is 0 Å². The number of nitrogens with one attached hydrogen (secondary N) is 1. The summed E-state index contributed by atoms with van der Waals surface area (Å²) in [5.41, 5.74) is 8.20. The van der Waals surface area contributed by atoms with Gasteiger partial charge in [-0.05, 0) is 42.8 Å². The molecule has 0 unspecified atom stereocenters. The van der Waals surface area contributed by atoms with Crippen LogP contribution in [-0.4, -0.2) is 29.1 Å². The van der Waals surface area contributed by atoms with E-state index in [2.05, 4.69) is 52.8 Å². The quantitative estimate of drug-likeness (QED) is 0.557.